The van der Waals surface area contributed by atoms with Crippen LogP contribution in [-0.4, -0.2) is 27.6 Å². The highest BCUT2D eigenvalue weighted by atomic mass is 19.1. The molecule has 0 aliphatic rings. The van der Waals surface area contributed by atoms with E-state index in [1.165, 1.54) is 12.1 Å². The zero-order valence-corrected chi connectivity index (χ0v) is 16.5. The number of primary amides is 1. The normalized spacial score (nSPS) is 12.4. The molecule has 6 nitrogen and oxygen atoms in total. The number of aryl methyl sites for hydroxylation is 1. The maximum absolute atomic E-state index is 13.2. The van der Waals surface area contributed by atoms with Gasteiger partial charge in [-0.3, -0.25) is 14.3 Å². The number of halogens is 1. The number of benzene rings is 1. The van der Waals surface area contributed by atoms with Crippen molar-refractivity contribution in [1.29, 1.82) is 0 Å². The van der Waals surface area contributed by atoms with E-state index in [0.29, 0.717) is 23.5 Å². The Kier molecular flexibility index (Phi) is 6.72. The SMILES string of the molecule is C=CCCCn1nc(-c2ccc(F)cc2)cc1C(=O)NC(C(N)=O)C(C)(C)C. The molecule has 0 radical (unpaired) electrons. The molecule has 0 bridgehead atoms. The molecule has 0 saturated carbocycles. The smallest absolute Gasteiger partial charge is 0.270 e. The van der Waals surface area contributed by atoms with E-state index in [9.17, 15) is 14.0 Å². The van der Waals surface area contributed by atoms with Crippen molar-refractivity contribution in [1.82, 2.24) is 15.1 Å². The van der Waals surface area contributed by atoms with E-state index in [2.05, 4.69) is 17.0 Å². The summed E-state index contributed by atoms with van der Waals surface area (Å²) in [6.45, 7) is 9.69. The van der Waals surface area contributed by atoms with Crippen LogP contribution in [0.1, 0.15) is 44.1 Å². The van der Waals surface area contributed by atoms with Gasteiger partial charge in [-0.1, -0.05) is 26.8 Å². The van der Waals surface area contributed by atoms with Crippen LogP contribution in [0.4, 0.5) is 4.39 Å². The Labute approximate surface area is 164 Å². The van der Waals surface area contributed by atoms with Crippen molar-refractivity contribution < 1.29 is 14.0 Å². The Hall–Kier alpha value is -2.96. The maximum Gasteiger partial charge on any atom is 0.270 e. The van der Waals surface area contributed by atoms with E-state index < -0.39 is 23.3 Å². The largest absolute Gasteiger partial charge is 0.368 e. The third-order valence-electron chi connectivity index (χ3n) is 4.36. The van der Waals surface area contributed by atoms with Gasteiger partial charge in [-0.25, -0.2) is 4.39 Å². The summed E-state index contributed by atoms with van der Waals surface area (Å²) in [5.74, 6) is -1.38. The second-order valence-electron chi connectivity index (χ2n) is 7.75. The van der Waals surface area contributed by atoms with Crippen molar-refractivity contribution in [3.8, 4) is 11.3 Å². The molecule has 0 fully saturated rings. The minimum atomic E-state index is -0.828. The Bertz CT molecular complexity index is 850. The molecule has 1 unspecified atom stereocenters. The molecule has 0 spiro atoms. The van der Waals surface area contributed by atoms with Crippen molar-refractivity contribution in [3.05, 3.63) is 54.5 Å². The fourth-order valence-electron chi connectivity index (χ4n) is 2.84. The molecular weight excluding hydrogens is 359 g/mol. The Balaban J connectivity index is 2.36. The lowest BCUT2D eigenvalue weighted by Gasteiger charge is -2.28. The van der Waals surface area contributed by atoms with Crippen molar-refractivity contribution in [2.45, 2.75) is 46.2 Å². The van der Waals surface area contributed by atoms with Crippen LogP contribution in [-0.2, 0) is 11.3 Å². The van der Waals surface area contributed by atoms with Crippen LogP contribution in [0.5, 0.6) is 0 Å². The van der Waals surface area contributed by atoms with Gasteiger partial charge in [0.05, 0.1) is 5.69 Å². The van der Waals surface area contributed by atoms with Crippen LogP contribution in [0.25, 0.3) is 11.3 Å². The summed E-state index contributed by atoms with van der Waals surface area (Å²) < 4.78 is 14.8. The highest BCUT2D eigenvalue weighted by molar-refractivity contribution is 5.97. The van der Waals surface area contributed by atoms with Crippen LogP contribution in [0.3, 0.4) is 0 Å². The minimum Gasteiger partial charge on any atom is -0.368 e. The first kappa shape index (κ1) is 21.3. The van der Waals surface area contributed by atoms with Gasteiger partial charge in [-0.2, -0.15) is 5.10 Å². The van der Waals surface area contributed by atoms with Crippen LogP contribution in [0.15, 0.2) is 43.0 Å². The van der Waals surface area contributed by atoms with Crippen molar-refractivity contribution in [3.63, 3.8) is 0 Å². The summed E-state index contributed by atoms with van der Waals surface area (Å²) in [5, 5.41) is 7.22. The molecule has 150 valence electrons. The average molecular weight is 386 g/mol. The van der Waals surface area contributed by atoms with E-state index in [1.54, 1.807) is 29.0 Å². The number of aromatic nitrogens is 2. The number of hydrogen-bond acceptors (Lipinski definition) is 3. The molecule has 1 heterocycles. The van der Waals surface area contributed by atoms with Gasteiger partial charge in [0.25, 0.3) is 5.91 Å². The number of nitrogens with zero attached hydrogens (tertiary/aromatic N) is 2. The molecular formula is C21H27FN4O2. The molecule has 2 rings (SSSR count). The standard InChI is InChI=1S/C21H27FN4O2/c1-5-6-7-12-26-17(20(28)24-18(19(23)27)21(2,3)4)13-16(25-26)14-8-10-15(22)11-9-14/h5,8-11,13,18H,1,6-7,12H2,2-4H3,(H2,23,27)(H,24,28). The summed E-state index contributed by atoms with van der Waals surface area (Å²) in [6, 6.07) is 6.70. The minimum absolute atomic E-state index is 0.318. The van der Waals surface area contributed by atoms with E-state index in [1.807, 2.05) is 20.8 Å². The predicted octanol–water partition coefficient (Wildman–Crippen LogP) is 3.29. The van der Waals surface area contributed by atoms with Gasteiger partial charge in [0.1, 0.15) is 17.6 Å². The Morgan fingerprint density at radius 3 is 2.50 bits per heavy atom. The molecule has 0 aliphatic heterocycles. The van der Waals surface area contributed by atoms with E-state index in [4.69, 9.17) is 5.73 Å². The van der Waals surface area contributed by atoms with Crippen LogP contribution in [0, 0.1) is 11.2 Å². The second kappa shape index (κ2) is 8.82. The predicted molar refractivity (Wildman–Crippen MR) is 107 cm³/mol. The number of nitrogens with two attached hydrogens (primary N) is 1. The lowest BCUT2D eigenvalue weighted by atomic mass is 9.86. The van der Waals surface area contributed by atoms with E-state index in [0.717, 1.165) is 12.8 Å². The molecule has 1 aromatic carbocycles. The van der Waals surface area contributed by atoms with Crippen molar-refractivity contribution in [2.75, 3.05) is 0 Å². The number of carbonyl (C=O) groups excluding carboxylic acids is 2. The number of hydrogen-bond donors (Lipinski definition) is 2. The lowest BCUT2D eigenvalue weighted by Crippen LogP contribution is -2.52. The average Bonchev–Trinajstić information content (AvgIpc) is 3.03. The summed E-state index contributed by atoms with van der Waals surface area (Å²) in [4.78, 5) is 24.7. The van der Waals surface area contributed by atoms with Gasteiger partial charge in [0, 0.05) is 12.1 Å². The van der Waals surface area contributed by atoms with Gasteiger partial charge in [-0.05, 0) is 48.6 Å². The van der Waals surface area contributed by atoms with Crippen LogP contribution in [0.2, 0.25) is 0 Å². The zero-order chi connectivity index (χ0) is 20.9. The Morgan fingerprint density at radius 2 is 1.96 bits per heavy atom. The summed E-state index contributed by atoms with van der Waals surface area (Å²) in [7, 11) is 0. The number of allylic oxidation sites excluding steroid dienone is 1. The first-order chi connectivity index (χ1) is 13.1. The first-order valence-electron chi connectivity index (χ1n) is 9.18. The molecule has 2 aromatic rings. The zero-order valence-electron chi connectivity index (χ0n) is 16.5. The third kappa shape index (κ3) is 5.28. The topological polar surface area (TPSA) is 90.0 Å². The quantitative estimate of drug-likeness (QED) is 0.539. The van der Waals surface area contributed by atoms with E-state index in [-0.39, 0.29) is 5.82 Å². The molecule has 28 heavy (non-hydrogen) atoms. The molecule has 1 atom stereocenters. The lowest BCUT2D eigenvalue weighted by molar-refractivity contribution is -0.122. The second-order valence-corrected chi connectivity index (χ2v) is 7.75. The number of amides is 2. The summed E-state index contributed by atoms with van der Waals surface area (Å²) in [6.07, 6.45) is 3.33. The van der Waals surface area contributed by atoms with Gasteiger partial charge in [0.15, 0.2) is 0 Å². The third-order valence-corrected chi connectivity index (χ3v) is 4.36. The first-order valence-corrected chi connectivity index (χ1v) is 9.18. The van der Waals surface area contributed by atoms with Crippen molar-refractivity contribution >= 4 is 11.8 Å². The summed E-state index contributed by atoms with van der Waals surface area (Å²) in [5.41, 5.74) is 6.50. The number of carbonyl (C=O) groups is 2. The van der Waals surface area contributed by atoms with E-state index >= 15 is 0 Å². The number of unbranched alkanes of at least 4 members (excludes halogenated alkanes) is 1. The highest BCUT2D eigenvalue weighted by Gasteiger charge is 2.32. The highest BCUT2D eigenvalue weighted by Crippen LogP contribution is 2.22. The van der Waals surface area contributed by atoms with Gasteiger partial charge in [-0.15, -0.1) is 6.58 Å². The van der Waals surface area contributed by atoms with Gasteiger partial charge < -0.3 is 11.1 Å². The fraction of sp³-hybridized carbons (Fsp3) is 0.381. The molecule has 3 N–H and O–H groups in total. The molecule has 0 aliphatic carbocycles. The van der Waals surface area contributed by atoms with Crippen molar-refractivity contribution in [2.24, 2.45) is 11.1 Å². The molecule has 1 aromatic heterocycles. The van der Waals surface area contributed by atoms with Gasteiger partial charge >= 0.3 is 0 Å². The monoisotopic (exact) mass is 386 g/mol. The summed E-state index contributed by atoms with van der Waals surface area (Å²) >= 11 is 0. The number of rotatable bonds is 8. The van der Waals surface area contributed by atoms with Crippen LogP contribution < -0.4 is 11.1 Å². The number of nitrogens with one attached hydrogen (secondary N) is 1. The molecule has 0 saturated heterocycles. The Morgan fingerprint density at radius 1 is 1.32 bits per heavy atom. The molecule has 7 heteroatoms. The molecule has 2 amide bonds. The fourth-order valence-corrected chi connectivity index (χ4v) is 2.84. The van der Waals surface area contributed by atoms with Crippen LogP contribution >= 0.6 is 0 Å². The van der Waals surface area contributed by atoms with Gasteiger partial charge in [0.2, 0.25) is 5.91 Å². The maximum atomic E-state index is 13.2.